The molecule has 0 aliphatic heterocycles. The average Bonchev–Trinajstić information content (AvgIpc) is 2.62. The fourth-order valence-corrected chi connectivity index (χ4v) is 2.27. The minimum Gasteiger partial charge on any atom is -0.483 e. The SMILES string of the molecule is CC(CO)NC(=O)c1ccccc1OCC(=O)Nc1ccc(Br)cc1. The predicted octanol–water partition coefficient (Wildman–Crippen LogP) is 2.58. The zero-order valence-electron chi connectivity index (χ0n) is 13.7. The molecular formula is C18H19BrN2O4. The van der Waals surface area contributed by atoms with Gasteiger partial charge in [0.05, 0.1) is 12.2 Å². The lowest BCUT2D eigenvalue weighted by molar-refractivity contribution is -0.118. The Labute approximate surface area is 154 Å². The van der Waals surface area contributed by atoms with Crippen molar-refractivity contribution in [2.24, 2.45) is 0 Å². The second-order valence-electron chi connectivity index (χ2n) is 5.40. The van der Waals surface area contributed by atoms with Gasteiger partial charge in [-0.2, -0.15) is 0 Å². The Hall–Kier alpha value is -2.38. The third-order valence-electron chi connectivity index (χ3n) is 3.27. The van der Waals surface area contributed by atoms with E-state index in [0.717, 1.165) is 4.47 Å². The van der Waals surface area contributed by atoms with Gasteiger partial charge in [-0.1, -0.05) is 28.1 Å². The van der Waals surface area contributed by atoms with Crippen LogP contribution >= 0.6 is 15.9 Å². The molecule has 2 aromatic rings. The van der Waals surface area contributed by atoms with Crippen LogP contribution in [0.3, 0.4) is 0 Å². The Morgan fingerprint density at radius 2 is 1.84 bits per heavy atom. The summed E-state index contributed by atoms with van der Waals surface area (Å²) in [5.74, 6) is -0.400. The standard InChI is InChI=1S/C18H19BrN2O4/c1-12(10-22)20-18(24)15-4-2-3-5-16(15)25-11-17(23)21-14-8-6-13(19)7-9-14/h2-9,12,22H,10-11H2,1H3,(H,20,24)(H,21,23). The van der Waals surface area contributed by atoms with Gasteiger partial charge in [-0.05, 0) is 43.3 Å². The summed E-state index contributed by atoms with van der Waals surface area (Å²) in [6.07, 6.45) is 0. The van der Waals surface area contributed by atoms with Crippen LogP contribution in [0.1, 0.15) is 17.3 Å². The molecule has 0 saturated carbocycles. The molecule has 132 valence electrons. The molecule has 25 heavy (non-hydrogen) atoms. The zero-order valence-corrected chi connectivity index (χ0v) is 15.2. The molecule has 0 heterocycles. The summed E-state index contributed by atoms with van der Waals surface area (Å²) in [4.78, 5) is 24.2. The van der Waals surface area contributed by atoms with Gasteiger partial charge in [-0.3, -0.25) is 9.59 Å². The second kappa shape index (κ2) is 9.19. The Bertz CT molecular complexity index is 734. The lowest BCUT2D eigenvalue weighted by Gasteiger charge is -2.14. The zero-order chi connectivity index (χ0) is 18.2. The van der Waals surface area contributed by atoms with Crippen molar-refractivity contribution in [3.63, 3.8) is 0 Å². The molecule has 1 atom stereocenters. The van der Waals surface area contributed by atoms with E-state index in [9.17, 15) is 9.59 Å². The fraction of sp³-hybridized carbons (Fsp3) is 0.222. The molecule has 0 radical (unpaired) electrons. The number of rotatable bonds is 7. The van der Waals surface area contributed by atoms with E-state index in [2.05, 4.69) is 26.6 Å². The highest BCUT2D eigenvalue weighted by Crippen LogP contribution is 2.18. The van der Waals surface area contributed by atoms with Crippen LogP contribution in [-0.2, 0) is 4.79 Å². The number of para-hydroxylation sites is 1. The van der Waals surface area contributed by atoms with Crippen LogP contribution in [-0.4, -0.2) is 36.2 Å². The van der Waals surface area contributed by atoms with E-state index in [4.69, 9.17) is 9.84 Å². The van der Waals surface area contributed by atoms with E-state index < -0.39 is 0 Å². The summed E-state index contributed by atoms with van der Waals surface area (Å²) in [5.41, 5.74) is 0.957. The molecule has 2 amide bonds. The number of amides is 2. The van der Waals surface area contributed by atoms with Crippen molar-refractivity contribution in [1.82, 2.24) is 5.32 Å². The minimum absolute atomic E-state index is 0.162. The summed E-state index contributed by atoms with van der Waals surface area (Å²) in [5, 5.41) is 14.4. The van der Waals surface area contributed by atoms with Crippen LogP contribution in [0.15, 0.2) is 53.0 Å². The van der Waals surface area contributed by atoms with Gasteiger partial charge in [0.2, 0.25) is 0 Å². The second-order valence-corrected chi connectivity index (χ2v) is 6.31. The number of halogens is 1. The van der Waals surface area contributed by atoms with Crippen molar-refractivity contribution in [3.8, 4) is 5.75 Å². The maximum absolute atomic E-state index is 12.2. The maximum Gasteiger partial charge on any atom is 0.262 e. The molecule has 0 aliphatic rings. The number of ether oxygens (including phenoxy) is 1. The van der Waals surface area contributed by atoms with Crippen molar-refractivity contribution < 1.29 is 19.4 Å². The fourth-order valence-electron chi connectivity index (χ4n) is 2.00. The molecule has 0 fully saturated rings. The Morgan fingerprint density at radius 3 is 2.52 bits per heavy atom. The Kier molecular flexibility index (Phi) is 6.97. The number of aliphatic hydroxyl groups excluding tert-OH is 1. The number of hydrogen-bond donors (Lipinski definition) is 3. The van der Waals surface area contributed by atoms with Crippen LogP contribution in [0.5, 0.6) is 5.75 Å². The van der Waals surface area contributed by atoms with Gasteiger partial charge in [0.15, 0.2) is 6.61 Å². The molecule has 3 N–H and O–H groups in total. The number of anilines is 1. The van der Waals surface area contributed by atoms with Gasteiger partial charge < -0.3 is 20.5 Å². The van der Waals surface area contributed by atoms with Crippen LogP contribution < -0.4 is 15.4 Å². The van der Waals surface area contributed by atoms with Crippen LogP contribution in [0.4, 0.5) is 5.69 Å². The largest absolute Gasteiger partial charge is 0.483 e. The molecule has 1 unspecified atom stereocenters. The number of aliphatic hydroxyl groups is 1. The highest BCUT2D eigenvalue weighted by molar-refractivity contribution is 9.10. The first-order chi connectivity index (χ1) is 12.0. The maximum atomic E-state index is 12.2. The monoisotopic (exact) mass is 406 g/mol. The molecule has 0 spiro atoms. The third kappa shape index (κ3) is 5.88. The molecule has 0 saturated heterocycles. The number of carbonyl (C=O) groups excluding carboxylic acids is 2. The van der Waals surface area contributed by atoms with Crippen molar-refractivity contribution >= 4 is 33.4 Å². The number of nitrogens with one attached hydrogen (secondary N) is 2. The minimum atomic E-state index is -0.374. The molecule has 2 aromatic carbocycles. The quantitative estimate of drug-likeness (QED) is 0.659. The molecule has 7 heteroatoms. The average molecular weight is 407 g/mol. The normalized spacial score (nSPS) is 11.5. The summed E-state index contributed by atoms with van der Waals surface area (Å²) < 4.78 is 6.40. The highest BCUT2D eigenvalue weighted by atomic mass is 79.9. The first kappa shape index (κ1) is 19.0. The van der Waals surface area contributed by atoms with Crippen molar-refractivity contribution in [2.75, 3.05) is 18.5 Å². The predicted molar refractivity (Wildman–Crippen MR) is 98.7 cm³/mol. The topological polar surface area (TPSA) is 87.7 Å². The highest BCUT2D eigenvalue weighted by Gasteiger charge is 2.15. The molecule has 6 nitrogen and oxygen atoms in total. The van der Waals surface area contributed by atoms with E-state index in [0.29, 0.717) is 17.0 Å². The van der Waals surface area contributed by atoms with Gasteiger partial charge in [0.1, 0.15) is 5.75 Å². The third-order valence-corrected chi connectivity index (χ3v) is 3.80. The van der Waals surface area contributed by atoms with E-state index in [1.54, 1.807) is 43.3 Å². The smallest absolute Gasteiger partial charge is 0.262 e. The first-order valence-corrected chi connectivity index (χ1v) is 8.48. The lowest BCUT2D eigenvalue weighted by atomic mass is 10.1. The molecule has 2 rings (SSSR count). The summed E-state index contributed by atoms with van der Waals surface area (Å²) >= 11 is 3.33. The van der Waals surface area contributed by atoms with Crippen molar-refractivity contribution in [1.29, 1.82) is 0 Å². The number of benzene rings is 2. The van der Waals surface area contributed by atoms with Crippen LogP contribution in [0.2, 0.25) is 0 Å². The lowest BCUT2D eigenvalue weighted by Crippen LogP contribution is -2.35. The molecule has 0 bridgehead atoms. The van der Waals surface area contributed by atoms with E-state index in [1.807, 2.05) is 12.1 Å². The summed E-state index contributed by atoms with van der Waals surface area (Å²) in [6.45, 7) is 1.30. The van der Waals surface area contributed by atoms with Gasteiger partial charge in [0, 0.05) is 16.2 Å². The van der Waals surface area contributed by atoms with Crippen LogP contribution in [0.25, 0.3) is 0 Å². The van der Waals surface area contributed by atoms with Gasteiger partial charge in [-0.25, -0.2) is 0 Å². The number of hydrogen-bond acceptors (Lipinski definition) is 4. The first-order valence-electron chi connectivity index (χ1n) is 7.68. The number of carbonyl (C=O) groups is 2. The van der Waals surface area contributed by atoms with Gasteiger partial charge in [-0.15, -0.1) is 0 Å². The van der Waals surface area contributed by atoms with E-state index in [1.165, 1.54) is 0 Å². The molecular weight excluding hydrogens is 388 g/mol. The Morgan fingerprint density at radius 1 is 1.16 bits per heavy atom. The van der Waals surface area contributed by atoms with Gasteiger partial charge in [0.25, 0.3) is 11.8 Å². The Balaban J connectivity index is 1.97. The summed E-state index contributed by atoms with van der Waals surface area (Å²) in [7, 11) is 0. The van der Waals surface area contributed by atoms with Crippen molar-refractivity contribution in [3.05, 3.63) is 58.6 Å². The molecule has 0 aromatic heterocycles. The van der Waals surface area contributed by atoms with Gasteiger partial charge >= 0.3 is 0 Å². The summed E-state index contributed by atoms with van der Waals surface area (Å²) in [6, 6.07) is 13.4. The van der Waals surface area contributed by atoms with E-state index in [-0.39, 0.29) is 31.1 Å². The van der Waals surface area contributed by atoms with Crippen LogP contribution in [0, 0.1) is 0 Å². The van der Waals surface area contributed by atoms with Crippen molar-refractivity contribution in [2.45, 2.75) is 13.0 Å². The molecule has 0 aliphatic carbocycles. The van der Waals surface area contributed by atoms with E-state index >= 15 is 0 Å².